The van der Waals surface area contributed by atoms with Crippen LogP contribution in [0.25, 0.3) is 0 Å². The number of hydrogen-bond donors (Lipinski definition) is 1. The van der Waals surface area contributed by atoms with Crippen molar-refractivity contribution >= 4 is 16.4 Å². The first kappa shape index (κ1) is 26.4. The number of unbranched alkanes of at least 4 members (excludes halogenated alkanes) is 2. The van der Waals surface area contributed by atoms with E-state index in [4.69, 9.17) is 4.43 Å². The Morgan fingerprint density at radius 2 is 1.38 bits per heavy atom. The van der Waals surface area contributed by atoms with Gasteiger partial charge in [-0.1, -0.05) is 85.9 Å². The Bertz CT molecular complexity index is 351. The third-order valence-corrected chi connectivity index (χ3v) is 18.4. The summed E-state index contributed by atoms with van der Waals surface area (Å²) in [6.45, 7) is 21.8. The van der Waals surface area contributed by atoms with Crippen LogP contribution >= 0.6 is 0 Å². The Balaban J connectivity index is 4.61. The second-order valence-electron chi connectivity index (χ2n) is 9.84. The molecule has 0 aliphatic rings. The van der Waals surface area contributed by atoms with Gasteiger partial charge in [0, 0.05) is 6.61 Å². The van der Waals surface area contributed by atoms with E-state index in [1.807, 2.05) is 0 Å². The van der Waals surface area contributed by atoms with Gasteiger partial charge in [0.2, 0.25) is 0 Å². The van der Waals surface area contributed by atoms with Crippen molar-refractivity contribution in [1.82, 2.24) is 0 Å². The van der Waals surface area contributed by atoms with Crippen molar-refractivity contribution in [3.05, 3.63) is 0 Å². The van der Waals surface area contributed by atoms with Gasteiger partial charge in [0.05, 0.1) is 14.2 Å². The van der Waals surface area contributed by atoms with E-state index in [1.165, 1.54) is 37.4 Å². The first-order valence-electron chi connectivity index (χ1n) is 11.3. The molecular formula is C22H50O2Si2. The molecule has 26 heavy (non-hydrogen) atoms. The summed E-state index contributed by atoms with van der Waals surface area (Å²) >= 11 is 0. The highest BCUT2D eigenvalue weighted by Gasteiger charge is 2.40. The maximum Gasteiger partial charge on any atom is 0.191 e. The molecule has 0 saturated heterocycles. The normalized spacial score (nSPS) is 15.9. The molecule has 158 valence electrons. The molecule has 0 aromatic heterocycles. The Kier molecular flexibility index (Phi) is 12.2. The minimum atomic E-state index is -1.62. The van der Waals surface area contributed by atoms with Crippen LogP contribution in [0.1, 0.15) is 87.0 Å². The number of hydrogen-bond acceptors (Lipinski definition) is 2. The van der Waals surface area contributed by atoms with Crippen molar-refractivity contribution in [2.45, 2.75) is 135 Å². The molecule has 0 aliphatic carbocycles. The van der Waals surface area contributed by atoms with Gasteiger partial charge in [0.1, 0.15) is 0 Å². The van der Waals surface area contributed by atoms with E-state index in [0.29, 0.717) is 5.54 Å². The average molecular weight is 403 g/mol. The lowest BCUT2D eigenvalue weighted by Gasteiger charge is -2.40. The van der Waals surface area contributed by atoms with Crippen LogP contribution in [0.3, 0.4) is 0 Å². The second-order valence-corrected chi connectivity index (χ2v) is 20.2. The SMILES string of the molecule is CCCCC(C(O)CCCCO[Si](C)(C)C(C)(C)C)[Si](CC)(CC)CC. The number of aliphatic hydroxyl groups excluding tert-OH is 1. The van der Waals surface area contributed by atoms with E-state index in [1.54, 1.807) is 0 Å². The van der Waals surface area contributed by atoms with E-state index in [0.717, 1.165) is 25.9 Å². The monoisotopic (exact) mass is 402 g/mol. The maximum atomic E-state index is 11.1. The molecule has 2 nitrogen and oxygen atoms in total. The quantitative estimate of drug-likeness (QED) is 0.239. The molecule has 2 atom stereocenters. The lowest BCUT2D eigenvalue weighted by molar-refractivity contribution is 0.141. The van der Waals surface area contributed by atoms with Crippen molar-refractivity contribution < 1.29 is 9.53 Å². The first-order valence-corrected chi connectivity index (χ1v) is 16.9. The third-order valence-electron chi connectivity index (χ3n) is 7.40. The molecule has 0 bridgehead atoms. The molecule has 0 heterocycles. The van der Waals surface area contributed by atoms with Gasteiger partial charge in [0.25, 0.3) is 0 Å². The molecule has 0 aliphatic heterocycles. The minimum absolute atomic E-state index is 0.0964. The minimum Gasteiger partial charge on any atom is -0.417 e. The van der Waals surface area contributed by atoms with Crippen LogP contribution in [0.2, 0.25) is 41.8 Å². The van der Waals surface area contributed by atoms with Crippen LogP contribution in [0.4, 0.5) is 0 Å². The fourth-order valence-corrected chi connectivity index (χ4v) is 10.0. The van der Waals surface area contributed by atoms with Gasteiger partial charge >= 0.3 is 0 Å². The van der Waals surface area contributed by atoms with Gasteiger partial charge in [-0.05, 0) is 42.9 Å². The van der Waals surface area contributed by atoms with Gasteiger partial charge in [-0.15, -0.1) is 0 Å². The van der Waals surface area contributed by atoms with Crippen molar-refractivity contribution in [2.75, 3.05) is 6.61 Å². The zero-order valence-electron chi connectivity index (χ0n) is 19.6. The molecule has 0 aromatic carbocycles. The average Bonchev–Trinajstić information content (AvgIpc) is 2.57. The van der Waals surface area contributed by atoms with Gasteiger partial charge in [0.15, 0.2) is 8.32 Å². The predicted molar refractivity (Wildman–Crippen MR) is 123 cm³/mol. The van der Waals surface area contributed by atoms with Crippen molar-refractivity contribution in [1.29, 1.82) is 0 Å². The standard InChI is InChI=1S/C22H50O2Si2/c1-10-14-18-21(26(11-2,12-3)13-4)20(23)17-15-16-19-24-25(8,9)22(5,6)7/h20-21,23H,10-19H2,1-9H3. The van der Waals surface area contributed by atoms with Crippen LogP contribution in [0.5, 0.6) is 0 Å². The van der Waals surface area contributed by atoms with E-state index in [-0.39, 0.29) is 11.1 Å². The molecule has 0 aromatic rings. The molecule has 0 amide bonds. The van der Waals surface area contributed by atoms with E-state index in [2.05, 4.69) is 61.6 Å². The zero-order chi connectivity index (χ0) is 20.4. The number of aliphatic hydroxyl groups is 1. The second kappa shape index (κ2) is 12.0. The van der Waals surface area contributed by atoms with Gasteiger partial charge in [-0.3, -0.25) is 0 Å². The molecular weight excluding hydrogens is 352 g/mol. The highest BCUT2D eigenvalue weighted by atomic mass is 28.4. The third kappa shape index (κ3) is 7.77. The van der Waals surface area contributed by atoms with Crippen molar-refractivity contribution in [3.8, 4) is 0 Å². The summed E-state index contributed by atoms with van der Waals surface area (Å²) in [4.78, 5) is 0. The summed E-state index contributed by atoms with van der Waals surface area (Å²) in [7, 11) is -2.97. The summed E-state index contributed by atoms with van der Waals surface area (Å²) in [5.41, 5.74) is 0.587. The van der Waals surface area contributed by atoms with Gasteiger partial charge in [-0.2, -0.15) is 0 Å². The Hall–Kier alpha value is 0.354. The molecule has 2 unspecified atom stereocenters. The Morgan fingerprint density at radius 3 is 1.81 bits per heavy atom. The van der Waals surface area contributed by atoms with E-state index in [9.17, 15) is 5.11 Å². The van der Waals surface area contributed by atoms with E-state index < -0.39 is 16.4 Å². The lowest BCUT2D eigenvalue weighted by Crippen LogP contribution is -2.43. The fraction of sp³-hybridized carbons (Fsp3) is 1.00. The zero-order valence-corrected chi connectivity index (χ0v) is 21.6. The fourth-order valence-electron chi connectivity index (χ4n) is 4.07. The van der Waals surface area contributed by atoms with Crippen LogP contribution in [-0.4, -0.2) is 34.2 Å². The summed E-state index contributed by atoms with van der Waals surface area (Å²) in [6.07, 6.45) is 6.80. The van der Waals surface area contributed by atoms with Crippen LogP contribution in [0.15, 0.2) is 0 Å². The van der Waals surface area contributed by atoms with Crippen LogP contribution in [0, 0.1) is 0 Å². The summed E-state index contributed by atoms with van der Waals surface area (Å²) in [5, 5.41) is 11.3. The molecule has 0 spiro atoms. The topological polar surface area (TPSA) is 29.5 Å². The molecule has 4 heteroatoms. The number of rotatable bonds is 14. The van der Waals surface area contributed by atoms with Gasteiger partial charge < -0.3 is 9.53 Å². The maximum absolute atomic E-state index is 11.1. The Morgan fingerprint density at radius 1 is 0.846 bits per heavy atom. The smallest absolute Gasteiger partial charge is 0.191 e. The molecule has 0 radical (unpaired) electrons. The highest BCUT2D eigenvalue weighted by molar-refractivity contribution is 6.81. The van der Waals surface area contributed by atoms with Crippen LogP contribution in [-0.2, 0) is 4.43 Å². The van der Waals surface area contributed by atoms with Crippen molar-refractivity contribution in [3.63, 3.8) is 0 Å². The summed E-state index contributed by atoms with van der Waals surface area (Å²) in [6, 6.07) is 3.96. The summed E-state index contributed by atoms with van der Waals surface area (Å²) in [5.74, 6) is 0. The summed E-state index contributed by atoms with van der Waals surface area (Å²) < 4.78 is 6.30. The molecule has 0 saturated carbocycles. The molecule has 0 rings (SSSR count). The van der Waals surface area contributed by atoms with E-state index >= 15 is 0 Å². The first-order chi connectivity index (χ1) is 12.0. The highest BCUT2D eigenvalue weighted by Crippen LogP contribution is 2.41. The lowest BCUT2D eigenvalue weighted by atomic mass is 10.0. The van der Waals surface area contributed by atoms with Gasteiger partial charge in [-0.25, -0.2) is 0 Å². The predicted octanol–water partition coefficient (Wildman–Crippen LogP) is 7.61. The molecule has 1 N–H and O–H groups in total. The largest absolute Gasteiger partial charge is 0.417 e. The van der Waals surface area contributed by atoms with Crippen molar-refractivity contribution in [2.24, 2.45) is 0 Å². The molecule has 0 fully saturated rings. The Labute approximate surface area is 167 Å². The van der Waals surface area contributed by atoms with Crippen LogP contribution < -0.4 is 0 Å².